The van der Waals surface area contributed by atoms with Gasteiger partial charge in [-0.25, -0.2) is 0 Å². The average Bonchev–Trinajstić information content (AvgIpc) is 2.82. The highest BCUT2D eigenvalue weighted by atomic mass is 16.5. The third kappa shape index (κ3) is 10.5. The summed E-state index contributed by atoms with van der Waals surface area (Å²) in [6.07, 6.45) is 3.55. The number of rotatable bonds is 15. The average molecular weight is 454 g/mol. The molecule has 0 saturated heterocycles. The number of ether oxygens (including phenoxy) is 1. The van der Waals surface area contributed by atoms with Crippen LogP contribution in [0.1, 0.15) is 57.2 Å². The molecule has 0 spiro atoms. The van der Waals surface area contributed by atoms with Crippen molar-refractivity contribution in [2.24, 2.45) is 5.92 Å². The smallest absolute Gasteiger partial charge is 0.234 e. The Kier molecular flexibility index (Phi) is 12.0. The monoisotopic (exact) mass is 453 g/mol. The van der Waals surface area contributed by atoms with Gasteiger partial charge in [-0.15, -0.1) is 0 Å². The molecule has 2 rings (SSSR count). The number of carbonyl (C=O) groups excluding carboxylic acids is 2. The van der Waals surface area contributed by atoms with Crippen LogP contribution in [0.3, 0.4) is 0 Å². The van der Waals surface area contributed by atoms with Gasteiger partial charge in [-0.2, -0.15) is 0 Å². The number of nitrogens with one attached hydrogen (secondary N) is 3. The number of carbonyl (C=O) groups is 2. The second-order valence-corrected chi connectivity index (χ2v) is 8.54. The van der Waals surface area contributed by atoms with E-state index in [9.17, 15) is 9.59 Å². The molecule has 2 amide bonds. The summed E-state index contributed by atoms with van der Waals surface area (Å²) in [6.45, 7) is 8.49. The van der Waals surface area contributed by atoms with Crippen molar-refractivity contribution in [3.05, 3.63) is 65.7 Å². The van der Waals surface area contributed by atoms with Crippen molar-refractivity contribution in [1.82, 2.24) is 16.0 Å². The standard InChI is InChI=1S/C27H39N3O3/c1-4-9-21(3)20-33-24-14-12-23(13-15-24)25(18-29-27(32)19-28-16-5-2)30-26(31)17-22-10-7-6-8-11-22/h6-8,10-15,21,25,28H,4-5,9,16-20H2,1-3H3,(H,29,32)(H,30,31)/t21?,25-/m0/s1. The molecule has 0 aliphatic rings. The molecular formula is C27H39N3O3. The van der Waals surface area contributed by atoms with E-state index in [0.29, 0.717) is 25.5 Å². The summed E-state index contributed by atoms with van der Waals surface area (Å²) in [5, 5.41) is 9.10. The zero-order valence-corrected chi connectivity index (χ0v) is 20.2. The quantitative estimate of drug-likeness (QED) is 0.356. The Bertz CT molecular complexity index is 824. The lowest BCUT2D eigenvalue weighted by atomic mass is 10.1. The van der Waals surface area contributed by atoms with Gasteiger partial charge in [0.15, 0.2) is 0 Å². The van der Waals surface area contributed by atoms with Crippen LogP contribution in [0.5, 0.6) is 5.75 Å². The Hall–Kier alpha value is -2.86. The summed E-state index contributed by atoms with van der Waals surface area (Å²) in [6, 6.07) is 17.1. The first-order valence-electron chi connectivity index (χ1n) is 12.0. The normalized spacial score (nSPS) is 12.6. The van der Waals surface area contributed by atoms with Crippen molar-refractivity contribution >= 4 is 11.8 Å². The molecule has 33 heavy (non-hydrogen) atoms. The molecule has 0 aliphatic carbocycles. The van der Waals surface area contributed by atoms with Crippen LogP contribution in [0, 0.1) is 5.92 Å². The van der Waals surface area contributed by atoms with E-state index in [1.165, 1.54) is 0 Å². The highest BCUT2D eigenvalue weighted by molar-refractivity contribution is 5.80. The van der Waals surface area contributed by atoms with Gasteiger partial charge in [0.05, 0.1) is 25.6 Å². The summed E-state index contributed by atoms with van der Waals surface area (Å²) in [4.78, 5) is 24.9. The van der Waals surface area contributed by atoms with Crippen molar-refractivity contribution < 1.29 is 14.3 Å². The molecule has 2 aromatic carbocycles. The highest BCUT2D eigenvalue weighted by Crippen LogP contribution is 2.19. The van der Waals surface area contributed by atoms with Gasteiger partial charge < -0.3 is 20.7 Å². The SMILES string of the molecule is CCCNCC(=O)NC[C@H](NC(=O)Cc1ccccc1)c1ccc(OCC(C)CCC)cc1. The van der Waals surface area contributed by atoms with Gasteiger partial charge >= 0.3 is 0 Å². The van der Waals surface area contributed by atoms with Crippen LogP contribution in [0.15, 0.2) is 54.6 Å². The van der Waals surface area contributed by atoms with E-state index >= 15 is 0 Å². The maximum absolute atomic E-state index is 12.7. The van der Waals surface area contributed by atoms with Gasteiger partial charge in [0, 0.05) is 6.54 Å². The van der Waals surface area contributed by atoms with Crippen LogP contribution in [0.4, 0.5) is 0 Å². The van der Waals surface area contributed by atoms with E-state index in [1.807, 2.05) is 54.6 Å². The predicted molar refractivity (Wildman–Crippen MR) is 133 cm³/mol. The summed E-state index contributed by atoms with van der Waals surface area (Å²) in [5.74, 6) is 1.15. The molecule has 2 aromatic rings. The lowest BCUT2D eigenvalue weighted by Crippen LogP contribution is -2.41. The first kappa shape index (κ1) is 26.4. The first-order valence-corrected chi connectivity index (χ1v) is 12.0. The lowest BCUT2D eigenvalue weighted by Gasteiger charge is -2.21. The fraction of sp³-hybridized carbons (Fsp3) is 0.481. The Balaban J connectivity index is 2.00. The number of hydrogen-bond donors (Lipinski definition) is 3. The maximum Gasteiger partial charge on any atom is 0.234 e. The Labute approximate surface area is 198 Å². The zero-order chi connectivity index (χ0) is 23.9. The van der Waals surface area contributed by atoms with E-state index in [0.717, 1.165) is 42.7 Å². The van der Waals surface area contributed by atoms with E-state index in [-0.39, 0.29) is 24.4 Å². The van der Waals surface area contributed by atoms with Crippen LogP contribution in [0.25, 0.3) is 0 Å². The van der Waals surface area contributed by atoms with Crippen LogP contribution in [0.2, 0.25) is 0 Å². The summed E-state index contributed by atoms with van der Waals surface area (Å²) in [7, 11) is 0. The number of benzene rings is 2. The van der Waals surface area contributed by atoms with E-state index < -0.39 is 0 Å². The molecule has 0 aliphatic heterocycles. The molecule has 3 N–H and O–H groups in total. The van der Waals surface area contributed by atoms with Crippen molar-refractivity contribution in [2.45, 2.75) is 52.5 Å². The molecule has 0 bridgehead atoms. The molecule has 0 radical (unpaired) electrons. The van der Waals surface area contributed by atoms with Gasteiger partial charge in [-0.3, -0.25) is 9.59 Å². The maximum atomic E-state index is 12.7. The first-order chi connectivity index (χ1) is 16.0. The summed E-state index contributed by atoms with van der Waals surface area (Å²) < 4.78 is 5.90. The van der Waals surface area contributed by atoms with Crippen LogP contribution >= 0.6 is 0 Å². The number of hydrogen-bond acceptors (Lipinski definition) is 4. The van der Waals surface area contributed by atoms with Crippen molar-refractivity contribution in [2.75, 3.05) is 26.2 Å². The van der Waals surface area contributed by atoms with Crippen molar-refractivity contribution in [1.29, 1.82) is 0 Å². The van der Waals surface area contributed by atoms with Crippen molar-refractivity contribution in [3.8, 4) is 5.75 Å². The third-order valence-corrected chi connectivity index (χ3v) is 5.36. The molecule has 0 fully saturated rings. The Morgan fingerprint density at radius 3 is 2.33 bits per heavy atom. The molecule has 180 valence electrons. The molecule has 0 saturated carbocycles. The van der Waals surface area contributed by atoms with Crippen molar-refractivity contribution in [3.63, 3.8) is 0 Å². The zero-order valence-electron chi connectivity index (χ0n) is 20.2. The van der Waals surface area contributed by atoms with Gasteiger partial charge in [0.1, 0.15) is 5.75 Å². The predicted octanol–water partition coefficient (Wildman–Crippen LogP) is 4.02. The lowest BCUT2D eigenvalue weighted by molar-refractivity contribution is -0.123. The summed E-state index contributed by atoms with van der Waals surface area (Å²) in [5.41, 5.74) is 1.87. The van der Waals surface area contributed by atoms with Gasteiger partial charge in [-0.05, 0) is 48.6 Å². The Morgan fingerprint density at radius 2 is 1.67 bits per heavy atom. The molecule has 0 heterocycles. The number of amides is 2. The van der Waals surface area contributed by atoms with E-state index in [2.05, 4.69) is 36.7 Å². The fourth-order valence-electron chi connectivity index (χ4n) is 3.55. The topological polar surface area (TPSA) is 79.5 Å². The molecule has 0 aromatic heterocycles. The third-order valence-electron chi connectivity index (χ3n) is 5.36. The van der Waals surface area contributed by atoms with Crippen LogP contribution in [-0.2, 0) is 16.0 Å². The van der Waals surface area contributed by atoms with Gasteiger partial charge in [0.25, 0.3) is 0 Å². The second kappa shape index (κ2) is 15.1. The van der Waals surface area contributed by atoms with E-state index in [1.54, 1.807) is 0 Å². The molecule has 2 atom stereocenters. The largest absolute Gasteiger partial charge is 0.493 e. The fourth-order valence-corrected chi connectivity index (χ4v) is 3.55. The van der Waals surface area contributed by atoms with Crippen LogP contribution in [-0.4, -0.2) is 38.1 Å². The minimum Gasteiger partial charge on any atom is -0.493 e. The van der Waals surface area contributed by atoms with Gasteiger partial charge in [0.2, 0.25) is 11.8 Å². The molecule has 1 unspecified atom stereocenters. The summed E-state index contributed by atoms with van der Waals surface area (Å²) >= 11 is 0. The van der Waals surface area contributed by atoms with E-state index in [4.69, 9.17) is 4.74 Å². The van der Waals surface area contributed by atoms with Gasteiger partial charge in [-0.1, -0.05) is 69.7 Å². The molecule has 6 heteroatoms. The van der Waals surface area contributed by atoms with Crippen LogP contribution < -0.4 is 20.7 Å². The second-order valence-electron chi connectivity index (χ2n) is 8.54. The molecule has 6 nitrogen and oxygen atoms in total. The molecular weight excluding hydrogens is 414 g/mol. The Morgan fingerprint density at radius 1 is 0.939 bits per heavy atom. The highest BCUT2D eigenvalue weighted by Gasteiger charge is 2.16. The minimum absolute atomic E-state index is 0.0849. The minimum atomic E-state index is -0.329.